The molecule has 4 aliphatic rings. The number of para-hydroxylation sites is 4. The maximum absolute atomic E-state index is 7.58. The van der Waals surface area contributed by atoms with Crippen LogP contribution in [0.15, 0.2) is 144 Å². The standard InChI is InChI=1S/C52H48BN3O/c1-33-29-43-46-44(30-33)56(36-23-15-10-16-24-36)47-45-48(51(4,5)28-27-50(45,2)3)57-49(47)53(46)39-31-38-41(32-42(39)55(43)35-21-13-9-14-22-35)54(34-19-11-8-12-20-34)40-26-18-17-25-37(40)52(38,6)7/h8-26,29-32H,27-28H2,1-7H3. The predicted molar refractivity (Wildman–Crippen MR) is 240 cm³/mol. The molecule has 0 atom stereocenters. The number of fused-ring (bicyclic) bond motifs is 8. The third kappa shape index (κ3) is 4.75. The molecule has 0 bridgehead atoms. The summed E-state index contributed by atoms with van der Waals surface area (Å²) in [6.45, 7) is 16.6. The minimum Gasteiger partial charge on any atom is -0.472 e. The van der Waals surface area contributed by atoms with Crippen molar-refractivity contribution in [1.82, 2.24) is 0 Å². The summed E-state index contributed by atoms with van der Waals surface area (Å²) in [5.41, 5.74) is 19.2. The van der Waals surface area contributed by atoms with Crippen molar-refractivity contribution in [3.05, 3.63) is 168 Å². The van der Waals surface area contributed by atoms with Crippen LogP contribution in [0, 0.1) is 6.92 Å². The predicted octanol–water partition coefficient (Wildman–Crippen LogP) is 12.1. The molecular formula is C52H48BN3O. The number of hydrogen-bond acceptors (Lipinski definition) is 4. The molecule has 57 heavy (non-hydrogen) atoms. The number of furan rings is 1. The minimum atomic E-state index is -0.264. The normalized spacial score (nSPS) is 17.5. The average Bonchev–Trinajstić information content (AvgIpc) is 3.63. The van der Waals surface area contributed by atoms with Crippen molar-refractivity contribution in [2.45, 2.75) is 77.6 Å². The summed E-state index contributed by atoms with van der Waals surface area (Å²) in [7, 11) is 0. The van der Waals surface area contributed by atoms with Gasteiger partial charge in [-0.3, -0.25) is 0 Å². The van der Waals surface area contributed by atoms with Crippen LogP contribution in [0.2, 0.25) is 0 Å². The average molecular weight is 742 g/mol. The van der Waals surface area contributed by atoms with Gasteiger partial charge in [-0.05, 0) is 113 Å². The third-order valence-corrected chi connectivity index (χ3v) is 13.6. The van der Waals surface area contributed by atoms with Gasteiger partial charge in [0.15, 0.2) is 0 Å². The number of benzene rings is 6. The highest BCUT2D eigenvalue weighted by Crippen LogP contribution is 2.57. The van der Waals surface area contributed by atoms with Crippen LogP contribution in [0.25, 0.3) is 0 Å². The molecule has 0 saturated heterocycles. The van der Waals surface area contributed by atoms with E-state index in [1.54, 1.807) is 0 Å². The van der Waals surface area contributed by atoms with Gasteiger partial charge in [-0.25, -0.2) is 0 Å². The molecule has 6 aromatic carbocycles. The van der Waals surface area contributed by atoms with E-state index in [1.807, 2.05) is 0 Å². The molecule has 7 aromatic rings. The molecule has 0 spiro atoms. The SMILES string of the molecule is Cc1cc2c3c(c1)N(c1ccccc1)c1c(oc4c1C(C)(C)CCC4(C)C)B3c1cc3c(cc1N2c1ccccc1)N(c1ccccc1)c1ccccc1C3(C)C. The Morgan fingerprint density at radius 1 is 0.509 bits per heavy atom. The Morgan fingerprint density at radius 3 is 1.67 bits per heavy atom. The molecule has 0 fully saturated rings. The summed E-state index contributed by atoms with van der Waals surface area (Å²) in [4.78, 5) is 7.56. The Balaban J connectivity index is 1.29. The first-order chi connectivity index (χ1) is 27.5. The summed E-state index contributed by atoms with van der Waals surface area (Å²) in [6.07, 6.45) is 2.19. The van der Waals surface area contributed by atoms with E-state index in [0.29, 0.717) is 0 Å². The van der Waals surface area contributed by atoms with E-state index in [2.05, 4.69) is 203 Å². The molecule has 11 rings (SSSR count). The third-order valence-electron chi connectivity index (χ3n) is 13.6. The fraction of sp³-hybridized carbons (Fsp3) is 0.231. The molecule has 0 saturated carbocycles. The lowest BCUT2D eigenvalue weighted by molar-refractivity contribution is 0.282. The molecule has 280 valence electrons. The van der Waals surface area contributed by atoms with Crippen molar-refractivity contribution in [3.63, 3.8) is 0 Å². The molecular weight excluding hydrogens is 693 g/mol. The largest absolute Gasteiger partial charge is 0.472 e. The Kier molecular flexibility index (Phi) is 7.11. The van der Waals surface area contributed by atoms with Crippen LogP contribution in [0.3, 0.4) is 0 Å². The fourth-order valence-corrected chi connectivity index (χ4v) is 10.7. The number of rotatable bonds is 3. The topological polar surface area (TPSA) is 22.9 Å². The highest BCUT2D eigenvalue weighted by Gasteiger charge is 2.53. The van der Waals surface area contributed by atoms with Gasteiger partial charge < -0.3 is 19.1 Å². The number of nitrogens with zero attached hydrogens (tertiary/aromatic N) is 3. The quantitative estimate of drug-likeness (QED) is 0.168. The van der Waals surface area contributed by atoms with Crippen LogP contribution >= 0.6 is 0 Å². The number of hydrogen-bond donors (Lipinski definition) is 0. The lowest BCUT2D eigenvalue weighted by Gasteiger charge is -2.46. The van der Waals surface area contributed by atoms with Gasteiger partial charge in [0, 0.05) is 50.5 Å². The second-order valence-corrected chi connectivity index (χ2v) is 18.5. The first-order valence-electron chi connectivity index (χ1n) is 20.6. The van der Waals surface area contributed by atoms with Gasteiger partial charge in [0.2, 0.25) is 0 Å². The summed E-state index contributed by atoms with van der Waals surface area (Å²) in [5.74, 6) is 1.14. The van der Waals surface area contributed by atoms with Gasteiger partial charge in [0.1, 0.15) is 5.76 Å². The van der Waals surface area contributed by atoms with E-state index >= 15 is 0 Å². The van der Waals surface area contributed by atoms with Crippen molar-refractivity contribution in [2.24, 2.45) is 0 Å². The van der Waals surface area contributed by atoms with Crippen LogP contribution in [0.1, 0.15) is 82.4 Å². The van der Waals surface area contributed by atoms with E-state index in [-0.39, 0.29) is 23.0 Å². The smallest absolute Gasteiger partial charge is 0.297 e. The van der Waals surface area contributed by atoms with Crippen molar-refractivity contribution < 1.29 is 4.42 Å². The molecule has 4 heterocycles. The number of anilines is 9. The first kappa shape index (κ1) is 34.3. The molecule has 0 unspecified atom stereocenters. The zero-order valence-electron chi connectivity index (χ0n) is 34.0. The first-order valence-corrected chi connectivity index (χ1v) is 20.6. The molecule has 0 amide bonds. The Hall–Kier alpha value is -5.94. The highest BCUT2D eigenvalue weighted by molar-refractivity contribution is 6.99. The maximum Gasteiger partial charge on any atom is 0.297 e. The van der Waals surface area contributed by atoms with Gasteiger partial charge >= 0.3 is 0 Å². The van der Waals surface area contributed by atoms with Crippen LogP contribution in [-0.2, 0) is 16.2 Å². The molecule has 0 N–H and O–H groups in total. The monoisotopic (exact) mass is 741 g/mol. The Labute approximate surface area is 337 Å². The van der Waals surface area contributed by atoms with E-state index in [1.165, 1.54) is 67.3 Å². The maximum atomic E-state index is 7.58. The van der Waals surface area contributed by atoms with E-state index in [4.69, 9.17) is 4.42 Å². The van der Waals surface area contributed by atoms with E-state index in [9.17, 15) is 0 Å². The van der Waals surface area contributed by atoms with Crippen molar-refractivity contribution >= 4 is 74.5 Å². The summed E-state index contributed by atoms with van der Waals surface area (Å²) in [5, 5.41) is 0. The highest BCUT2D eigenvalue weighted by atomic mass is 16.3. The molecule has 5 heteroatoms. The fourth-order valence-electron chi connectivity index (χ4n) is 10.7. The van der Waals surface area contributed by atoms with Crippen molar-refractivity contribution in [2.75, 3.05) is 14.7 Å². The van der Waals surface area contributed by atoms with Gasteiger partial charge in [-0.2, -0.15) is 0 Å². The number of aryl methyl sites for hydroxylation is 1. The van der Waals surface area contributed by atoms with E-state index in [0.717, 1.165) is 41.3 Å². The molecule has 0 radical (unpaired) electrons. The Bertz CT molecular complexity index is 2750. The second kappa shape index (κ2) is 11.8. The van der Waals surface area contributed by atoms with Gasteiger partial charge in [0.05, 0.1) is 22.7 Å². The zero-order chi connectivity index (χ0) is 39.0. The van der Waals surface area contributed by atoms with Crippen molar-refractivity contribution in [1.29, 1.82) is 0 Å². The molecule has 1 aromatic heterocycles. The molecule has 1 aliphatic carbocycles. The lowest BCUT2D eigenvalue weighted by atomic mass is 9.35. The van der Waals surface area contributed by atoms with Crippen LogP contribution < -0.4 is 31.3 Å². The van der Waals surface area contributed by atoms with Gasteiger partial charge in [-0.1, -0.05) is 120 Å². The summed E-state index contributed by atoms with van der Waals surface area (Å²) < 4.78 is 7.58. The summed E-state index contributed by atoms with van der Waals surface area (Å²) in [6, 6.07) is 51.7. The lowest BCUT2D eigenvalue weighted by Crippen LogP contribution is -2.61. The Morgan fingerprint density at radius 2 is 1.04 bits per heavy atom. The van der Waals surface area contributed by atoms with Gasteiger partial charge in [-0.15, -0.1) is 0 Å². The second-order valence-electron chi connectivity index (χ2n) is 18.5. The minimum absolute atomic E-state index is 0.0650. The van der Waals surface area contributed by atoms with Crippen molar-refractivity contribution in [3.8, 4) is 0 Å². The summed E-state index contributed by atoms with van der Waals surface area (Å²) >= 11 is 0. The molecule has 4 nitrogen and oxygen atoms in total. The van der Waals surface area contributed by atoms with E-state index < -0.39 is 0 Å². The van der Waals surface area contributed by atoms with Crippen LogP contribution in [0.5, 0.6) is 0 Å². The molecule has 3 aliphatic heterocycles. The van der Waals surface area contributed by atoms with Gasteiger partial charge in [0.25, 0.3) is 6.71 Å². The van der Waals surface area contributed by atoms with Crippen LogP contribution in [0.4, 0.5) is 51.2 Å². The zero-order valence-corrected chi connectivity index (χ0v) is 34.0. The van der Waals surface area contributed by atoms with Crippen LogP contribution in [-0.4, -0.2) is 6.71 Å².